The Morgan fingerprint density at radius 2 is 2.13 bits per heavy atom. The van der Waals surface area contributed by atoms with E-state index in [1.165, 1.54) is 0 Å². The molecular weight excluding hydrogens is 210 g/mol. The van der Waals surface area contributed by atoms with Gasteiger partial charge in [-0.25, -0.2) is 0 Å². The molecule has 2 rings (SSSR count). The Balaban J connectivity index is 2.29. The number of benzene rings is 1. The van der Waals surface area contributed by atoms with Crippen molar-refractivity contribution in [2.24, 2.45) is 7.05 Å². The summed E-state index contributed by atoms with van der Waals surface area (Å²) in [6.45, 7) is 0. The van der Waals surface area contributed by atoms with Gasteiger partial charge in [-0.3, -0.25) is 4.68 Å². The third-order valence-electron chi connectivity index (χ3n) is 2.37. The molecule has 15 heavy (non-hydrogen) atoms. The largest absolute Gasteiger partial charge is 0.398 e. The van der Waals surface area contributed by atoms with Gasteiger partial charge in [0.1, 0.15) is 0 Å². The van der Waals surface area contributed by atoms with Gasteiger partial charge in [0.2, 0.25) is 0 Å². The standard InChI is InChI=1S/C11H12ClN3/c1-15-9(7-11(12)14-15)6-8-4-2-3-5-10(8)13/h2-5,7H,6,13H2,1H3. The highest BCUT2D eigenvalue weighted by molar-refractivity contribution is 6.29. The van der Waals surface area contributed by atoms with E-state index in [1.54, 1.807) is 4.68 Å². The first-order valence-corrected chi connectivity index (χ1v) is 5.06. The van der Waals surface area contributed by atoms with Crippen LogP contribution in [0.5, 0.6) is 0 Å². The van der Waals surface area contributed by atoms with Crippen molar-refractivity contribution in [1.82, 2.24) is 9.78 Å². The predicted molar refractivity (Wildman–Crippen MR) is 61.9 cm³/mol. The zero-order valence-corrected chi connectivity index (χ0v) is 9.20. The number of para-hydroxylation sites is 1. The summed E-state index contributed by atoms with van der Waals surface area (Å²) in [6.07, 6.45) is 0.753. The summed E-state index contributed by atoms with van der Waals surface area (Å²) < 4.78 is 1.77. The van der Waals surface area contributed by atoms with E-state index in [0.717, 1.165) is 23.4 Å². The Labute approximate surface area is 93.5 Å². The number of aromatic nitrogens is 2. The maximum atomic E-state index is 5.86. The highest BCUT2D eigenvalue weighted by atomic mass is 35.5. The van der Waals surface area contributed by atoms with Crippen LogP contribution in [0.1, 0.15) is 11.3 Å². The summed E-state index contributed by atoms with van der Waals surface area (Å²) in [7, 11) is 1.88. The van der Waals surface area contributed by atoms with Crippen LogP contribution < -0.4 is 5.73 Å². The molecule has 0 saturated heterocycles. The molecule has 0 radical (unpaired) electrons. The van der Waals surface area contributed by atoms with Gasteiger partial charge in [-0.2, -0.15) is 5.10 Å². The second kappa shape index (κ2) is 3.95. The van der Waals surface area contributed by atoms with E-state index in [4.69, 9.17) is 17.3 Å². The van der Waals surface area contributed by atoms with Crippen molar-refractivity contribution < 1.29 is 0 Å². The van der Waals surface area contributed by atoms with Gasteiger partial charge in [0.25, 0.3) is 0 Å². The summed E-state index contributed by atoms with van der Waals surface area (Å²) in [6, 6.07) is 9.66. The molecule has 0 saturated carbocycles. The molecule has 0 fully saturated rings. The molecule has 0 unspecified atom stereocenters. The Morgan fingerprint density at radius 1 is 1.40 bits per heavy atom. The minimum Gasteiger partial charge on any atom is -0.398 e. The number of halogens is 1. The van der Waals surface area contributed by atoms with Crippen molar-refractivity contribution in [2.75, 3.05) is 5.73 Å². The first kappa shape index (κ1) is 10.1. The fraction of sp³-hybridized carbons (Fsp3) is 0.182. The monoisotopic (exact) mass is 221 g/mol. The molecule has 0 amide bonds. The molecule has 0 aliphatic heterocycles. The Kier molecular flexibility index (Phi) is 2.64. The molecule has 78 valence electrons. The van der Waals surface area contributed by atoms with Crippen LogP contribution >= 0.6 is 11.6 Å². The summed E-state index contributed by atoms with van der Waals surface area (Å²) in [5.74, 6) is 0. The highest BCUT2D eigenvalue weighted by Gasteiger charge is 2.05. The number of nitrogen functional groups attached to an aromatic ring is 1. The molecule has 0 spiro atoms. The van der Waals surface area contributed by atoms with Gasteiger partial charge in [0.15, 0.2) is 5.15 Å². The maximum Gasteiger partial charge on any atom is 0.151 e. The molecule has 0 aliphatic carbocycles. The van der Waals surface area contributed by atoms with Crippen LogP contribution in [0, 0.1) is 0 Å². The van der Waals surface area contributed by atoms with Crippen LogP contribution in [0.3, 0.4) is 0 Å². The summed E-state index contributed by atoms with van der Waals surface area (Å²) in [4.78, 5) is 0. The smallest absolute Gasteiger partial charge is 0.151 e. The Morgan fingerprint density at radius 3 is 2.73 bits per heavy atom. The SMILES string of the molecule is Cn1nc(Cl)cc1Cc1ccccc1N. The van der Waals surface area contributed by atoms with Crippen LogP contribution in [0.25, 0.3) is 0 Å². The van der Waals surface area contributed by atoms with E-state index >= 15 is 0 Å². The van der Waals surface area contributed by atoms with E-state index in [0.29, 0.717) is 5.15 Å². The molecule has 0 bridgehead atoms. The normalized spacial score (nSPS) is 10.5. The number of nitrogens with two attached hydrogens (primary N) is 1. The van der Waals surface area contributed by atoms with Gasteiger partial charge in [-0.05, 0) is 17.7 Å². The second-order valence-corrected chi connectivity index (χ2v) is 3.84. The molecule has 2 N–H and O–H groups in total. The molecule has 0 atom stereocenters. The average Bonchev–Trinajstić information content (AvgIpc) is 2.49. The van der Waals surface area contributed by atoms with Gasteiger partial charge in [0, 0.05) is 24.8 Å². The number of aryl methyl sites for hydroxylation is 1. The first-order chi connectivity index (χ1) is 7.16. The third kappa shape index (κ3) is 2.13. The van der Waals surface area contributed by atoms with Gasteiger partial charge in [-0.1, -0.05) is 29.8 Å². The number of nitrogens with zero attached hydrogens (tertiary/aromatic N) is 2. The number of hydrogen-bond donors (Lipinski definition) is 1. The van der Waals surface area contributed by atoms with Gasteiger partial charge in [0.05, 0.1) is 0 Å². The summed E-state index contributed by atoms with van der Waals surface area (Å²) >= 11 is 5.81. The third-order valence-corrected chi connectivity index (χ3v) is 2.56. The molecule has 1 aromatic heterocycles. The van der Waals surface area contributed by atoms with E-state index in [-0.39, 0.29) is 0 Å². The van der Waals surface area contributed by atoms with Crippen molar-refractivity contribution in [3.05, 3.63) is 46.7 Å². The van der Waals surface area contributed by atoms with E-state index in [9.17, 15) is 0 Å². The number of rotatable bonds is 2. The molecule has 4 heteroatoms. The molecule has 0 aliphatic rings. The lowest BCUT2D eigenvalue weighted by Gasteiger charge is -2.04. The van der Waals surface area contributed by atoms with Gasteiger partial charge >= 0.3 is 0 Å². The van der Waals surface area contributed by atoms with Crippen LogP contribution in [0.2, 0.25) is 5.15 Å². The minimum atomic E-state index is 0.516. The lowest BCUT2D eigenvalue weighted by molar-refractivity contribution is 0.725. The van der Waals surface area contributed by atoms with E-state index < -0.39 is 0 Å². The van der Waals surface area contributed by atoms with Crippen LogP contribution in [-0.4, -0.2) is 9.78 Å². The lowest BCUT2D eigenvalue weighted by atomic mass is 10.1. The summed E-state index contributed by atoms with van der Waals surface area (Å²) in [5, 5.41) is 4.59. The number of anilines is 1. The fourth-order valence-corrected chi connectivity index (χ4v) is 1.76. The van der Waals surface area contributed by atoms with Crippen LogP contribution in [0.4, 0.5) is 5.69 Å². The van der Waals surface area contributed by atoms with E-state index in [1.807, 2.05) is 37.4 Å². The fourth-order valence-electron chi connectivity index (χ4n) is 1.52. The topological polar surface area (TPSA) is 43.8 Å². The quantitative estimate of drug-likeness (QED) is 0.791. The maximum absolute atomic E-state index is 5.86. The molecule has 3 nitrogen and oxygen atoms in total. The van der Waals surface area contributed by atoms with Gasteiger partial charge in [-0.15, -0.1) is 0 Å². The average molecular weight is 222 g/mol. The Bertz CT molecular complexity index is 476. The Hall–Kier alpha value is -1.48. The lowest BCUT2D eigenvalue weighted by Crippen LogP contribution is -2.01. The summed E-state index contributed by atoms with van der Waals surface area (Å²) in [5.41, 5.74) is 8.81. The first-order valence-electron chi connectivity index (χ1n) is 4.68. The van der Waals surface area contributed by atoms with Gasteiger partial charge < -0.3 is 5.73 Å². The molecule has 1 aromatic carbocycles. The van der Waals surface area contributed by atoms with Crippen molar-refractivity contribution in [3.8, 4) is 0 Å². The molecule has 1 heterocycles. The zero-order chi connectivity index (χ0) is 10.8. The molecule has 2 aromatic rings. The molecular formula is C11H12ClN3. The second-order valence-electron chi connectivity index (χ2n) is 3.46. The van der Waals surface area contributed by atoms with E-state index in [2.05, 4.69) is 5.10 Å². The highest BCUT2D eigenvalue weighted by Crippen LogP contribution is 2.17. The van der Waals surface area contributed by atoms with Crippen molar-refractivity contribution in [3.63, 3.8) is 0 Å². The predicted octanol–water partition coefficient (Wildman–Crippen LogP) is 2.25. The zero-order valence-electron chi connectivity index (χ0n) is 8.44. The minimum absolute atomic E-state index is 0.516. The van der Waals surface area contributed by atoms with Crippen molar-refractivity contribution in [1.29, 1.82) is 0 Å². The van der Waals surface area contributed by atoms with Crippen molar-refractivity contribution >= 4 is 17.3 Å². The van der Waals surface area contributed by atoms with Crippen LogP contribution in [-0.2, 0) is 13.5 Å². The van der Waals surface area contributed by atoms with Crippen molar-refractivity contribution in [2.45, 2.75) is 6.42 Å². The van der Waals surface area contributed by atoms with Crippen LogP contribution in [0.15, 0.2) is 30.3 Å². The number of hydrogen-bond acceptors (Lipinski definition) is 2.